The molecule has 1 aromatic carbocycles. The predicted molar refractivity (Wildman–Crippen MR) is 94.5 cm³/mol. The minimum Gasteiger partial charge on any atom is -0.504 e. The molecule has 2 N–H and O–H groups in total. The quantitative estimate of drug-likeness (QED) is 0.783. The Balaban J connectivity index is 0.00000157. The molecule has 2 fully saturated rings. The van der Waals surface area contributed by atoms with Gasteiger partial charge in [-0.3, -0.25) is 9.69 Å². The summed E-state index contributed by atoms with van der Waals surface area (Å²) in [5.74, 6) is 0.528. The van der Waals surface area contributed by atoms with Crippen molar-refractivity contribution in [3.8, 4) is 11.5 Å². The van der Waals surface area contributed by atoms with Crippen LogP contribution in [0, 0.1) is 0 Å². The number of phenols is 1. The zero-order valence-corrected chi connectivity index (χ0v) is 14.7. The van der Waals surface area contributed by atoms with E-state index in [2.05, 4.69) is 11.5 Å². The van der Waals surface area contributed by atoms with E-state index in [1.807, 2.05) is 12.1 Å². The summed E-state index contributed by atoms with van der Waals surface area (Å²) in [6.07, 6.45) is 3.35. The Hall–Kier alpha value is -1.56. The normalized spacial score (nSPS) is 37.7. The number of hydrogen-bond acceptors (Lipinski definition) is 5. The van der Waals surface area contributed by atoms with Crippen molar-refractivity contribution in [1.82, 2.24) is 4.90 Å². The van der Waals surface area contributed by atoms with Crippen LogP contribution in [0.4, 0.5) is 0 Å². The third-order valence-electron chi connectivity index (χ3n) is 6.73. The van der Waals surface area contributed by atoms with Gasteiger partial charge >= 0.3 is 0 Å². The topological polar surface area (TPSA) is 70.0 Å². The maximum absolute atomic E-state index is 12.6. The van der Waals surface area contributed by atoms with Gasteiger partial charge in [0, 0.05) is 31.1 Å². The van der Waals surface area contributed by atoms with Gasteiger partial charge in [0.25, 0.3) is 0 Å². The average molecular weight is 364 g/mol. The molecule has 4 atom stereocenters. The second-order valence-corrected chi connectivity index (χ2v) is 7.56. The van der Waals surface area contributed by atoms with Crippen LogP contribution in [0.1, 0.15) is 30.4 Å². The van der Waals surface area contributed by atoms with E-state index in [0.717, 1.165) is 24.2 Å². The van der Waals surface area contributed by atoms with Crippen LogP contribution in [0.3, 0.4) is 0 Å². The summed E-state index contributed by atoms with van der Waals surface area (Å²) in [5.41, 5.74) is 0.256. The fourth-order valence-electron chi connectivity index (χ4n) is 5.80. The molecule has 0 radical (unpaired) electrons. The maximum Gasteiger partial charge on any atom is 0.174 e. The first-order valence-electron chi connectivity index (χ1n) is 8.65. The molecule has 4 aliphatic rings. The number of Topliss-reactive ketones (excluding diaryl/α,β-unsaturated/α-hetero) is 1. The van der Waals surface area contributed by atoms with Gasteiger partial charge in [-0.15, -0.1) is 19.0 Å². The van der Waals surface area contributed by atoms with E-state index in [1.165, 1.54) is 0 Å². The molecule has 1 saturated heterocycles. The second kappa shape index (κ2) is 5.22. The Morgan fingerprint density at radius 1 is 1.40 bits per heavy atom. The lowest BCUT2D eigenvalue weighted by Gasteiger charge is -2.62. The highest BCUT2D eigenvalue weighted by atomic mass is 35.5. The number of hydrogen-bond donors (Lipinski definition) is 2. The highest BCUT2D eigenvalue weighted by Gasteiger charge is 2.72. The number of aromatic hydroxyl groups is 1. The van der Waals surface area contributed by atoms with Gasteiger partial charge in [0.15, 0.2) is 23.4 Å². The van der Waals surface area contributed by atoms with Gasteiger partial charge in [-0.1, -0.05) is 12.1 Å². The van der Waals surface area contributed by atoms with Gasteiger partial charge in [0.1, 0.15) is 0 Å². The molecule has 0 aromatic heterocycles. The van der Waals surface area contributed by atoms with E-state index in [4.69, 9.17) is 4.74 Å². The van der Waals surface area contributed by atoms with E-state index >= 15 is 0 Å². The molecule has 1 spiro atoms. The molecule has 5 nitrogen and oxygen atoms in total. The Morgan fingerprint density at radius 2 is 2.20 bits per heavy atom. The number of piperidine rings is 1. The molecule has 1 unspecified atom stereocenters. The lowest BCUT2D eigenvalue weighted by atomic mass is 9.49. The summed E-state index contributed by atoms with van der Waals surface area (Å²) in [6.45, 7) is 5.36. The number of nitrogens with zero attached hydrogens (tertiary/aromatic N) is 1. The fourth-order valence-corrected chi connectivity index (χ4v) is 5.80. The van der Waals surface area contributed by atoms with Gasteiger partial charge in [-0.2, -0.15) is 0 Å². The summed E-state index contributed by atoms with van der Waals surface area (Å²) in [7, 11) is 0. The molecule has 2 heterocycles. The van der Waals surface area contributed by atoms with E-state index in [9.17, 15) is 15.0 Å². The van der Waals surface area contributed by atoms with Crippen molar-refractivity contribution in [2.24, 2.45) is 0 Å². The van der Waals surface area contributed by atoms with Crippen LogP contribution in [-0.2, 0) is 16.6 Å². The number of carbonyl (C=O) groups is 1. The summed E-state index contributed by atoms with van der Waals surface area (Å²) in [4.78, 5) is 14.9. The molecule has 1 aromatic rings. The first-order valence-corrected chi connectivity index (χ1v) is 8.65. The van der Waals surface area contributed by atoms with Crippen LogP contribution < -0.4 is 4.74 Å². The van der Waals surface area contributed by atoms with Crippen molar-refractivity contribution in [3.05, 3.63) is 35.9 Å². The van der Waals surface area contributed by atoms with E-state index < -0.39 is 17.1 Å². The lowest BCUT2D eigenvalue weighted by Crippen LogP contribution is -2.76. The molecule has 134 valence electrons. The molecule has 2 aliphatic carbocycles. The number of ketones is 1. The number of halogens is 1. The second-order valence-electron chi connectivity index (χ2n) is 7.56. The van der Waals surface area contributed by atoms with Crippen molar-refractivity contribution in [2.45, 2.75) is 48.8 Å². The standard InChI is InChI=1S/C19H21NO4.ClH/c1-2-8-20-9-7-18-15-11-3-4-12(21)16(15)24-17(18)13(22)5-6-19(18,23)14(20)10-11;/h2-4,14,17,21,23H,1,5-10H2;1H/t14-,17-,18+,19?;/m1./s1. The number of benzene rings is 1. The molecular weight excluding hydrogens is 342 g/mol. The minimum atomic E-state index is -1.00. The smallest absolute Gasteiger partial charge is 0.174 e. The van der Waals surface area contributed by atoms with Crippen molar-refractivity contribution in [2.75, 3.05) is 13.1 Å². The third kappa shape index (κ3) is 1.74. The summed E-state index contributed by atoms with van der Waals surface area (Å²) < 4.78 is 5.98. The van der Waals surface area contributed by atoms with Gasteiger partial charge < -0.3 is 14.9 Å². The number of aliphatic hydroxyl groups is 1. The molecule has 2 aliphatic heterocycles. The average Bonchev–Trinajstić information content (AvgIpc) is 2.91. The van der Waals surface area contributed by atoms with Gasteiger partial charge in [0.2, 0.25) is 0 Å². The third-order valence-corrected chi connectivity index (χ3v) is 6.73. The van der Waals surface area contributed by atoms with Gasteiger partial charge in [0.05, 0.1) is 11.0 Å². The highest BCUT2D eigenvalue weighted by Crippen LogP contribution is 2.64. The van der Waals surface area contributed by atoms with Crippen molar-refractivity contribution in [3.63, 3.8) is 0 Å². The van der Waals surface area contributed by atoms with Crippen molar-refractivity contribution in [1.29, 1.82) is 0 Å². The SMILES string of the molecule is C=CCN1CC[C@]23c4c5ccc(O)c4O[C@@H]2C(=O)CCC3(O)[C@H]1C5.Cl. The Bertz CT molecular complexity index is 781. The number of rotatable bonds is 2. The largest absolute Gasteiger partial charge is 0.504 e. The number of likely N-dealkylation sites (tertiary alicyclic amines) is 1. The van der Waals surface area contributed by atoms with Crippen molar-refractivity contribution >= 4 is 18.2 Å². The fraction of sp³-hybridized carbons (Fsp3) is 0.526. The Morgan fingerprint density at radius 3 is 2.96 bits per heavy atom. The van der Waals surface area contributed by atoms with Crippen LogP contribution in [0.15, 0.2) is 24.8 Å². The molecule has 0 amide bonds. The predicted octanol–water partition coefficient (Wildman–Crippen LogP) is 1.72. The molecule has 6 heteroatoms. The Labute approximate surface area is 152 Å². The minimum absolute atomic E-state index is 0. The van der Waals surface area contributed by atoms with Crippen LogP contribution in [0.5, 0.6) is 11.5 Å². The molecular formula is C19H22ClNO4. The molecule has 25 heavy (non-hydrogen) atoms. The van der Waals surface area contributed by atoms with E-state index in [1.54, 1.807) is 6.07 Å². The number of phenolic OH excluding ortho intramolecular Hbond substituents is 1. The van der Waals surface area contributed by atoms with Crippen molar-refractivity contribution < 1.29 is 19.7 Å². The summed E-state index contributed by atoms with van der Waals surface area (Å²) in [5, 5.41) is 22.1. The van der Waals surface area contributed by atoms with Crippen LogP contribution in [0.2, 0.25) is 0 Å². The molecule has 2 bridgehead atoms. The van der Waals surface area contributed by atoms with Crippen LogP contribution in [-0.4, -0.2) is 51.7 Å². The maximum atomic E-state index is 12.6. The van der Waals surface area contributed by atoms with E-state index in [-0.39, 0.29) is 30.0 Å². The highest BCUT2D eigenvalue weighted by molar-refractivity contribution is 5.90. The van der Waals surface area contributed by atoms with Crippen LogP contribution in [0.25, 0.3) is 0 Å². The molecule has 1 saturated carbocycles. The first-order chi connectivity index (χ1) is 11.5. The Kier molecular flexibility index (Phi) is 3.53. The number of carbonyl (C=O) groups excluding carboxylic acids is 1. The zero-order valence-electron chi connectivity index (χ0n) is 13.9. The lowest BCUT2D eigenvalue weighted by molar-refractivity contribution is -0.187. The zero-order chi connectivity index (χ0) is 16.7. The van der Waals surface area contributed by atoms with Gasteiger partial charge in [-0.05, 0) is 30.9 Å². The monoisotopic (exact) mass is 363 g/mol. The summed E-state index contributed by atoms with van der Waals surface area (Å²) in [6, 6.07) is 3.52. The van der Waals surface area contributed by atoms with E-state index in [0.29, 0.717) is 31.4 Å². The summed E-state index contributed by atoms with van der Waals surface area (Å²) >= 11 is 0. The number of ether oxygens (including phenoxy) is 1. The van der Waals surface area contributed by atoms with Crippen LogP contribution >= 0.6 is 12.4 Å². The molecule has 5 rings (SSSR count). The first kappa shape index (κ1) is 16.9. The van der Waals surface area contributed by atoms with Gasteiger partial charge in [-0.25, -0.2) is 0 Å².